The van der Waals surface area contributed by atoms with E-state index in [0.717, 1.165) is 12.8 Å². The van der Waals surface area contributed by atoms with Gasteiger partial charge in [-0.1, -0.05) is 12.5 Å². The number of nitrogen functional groups attached to an aromatic ring is 1. The average Bonchev–Trinajstić information content (AvgIpc) is 2.40. The third-order valence-electron chi connectivity index (χ3n) is 4.83. The Labute approximate surface area is 126 Å². The molecule has 21 heavy (non-hydrogen) atoms. The van der Waals surface area contributed by atoms with E-state index in [1.54, 1.807) is 18.2 Å². The van der Waals surface area contributed by atoms with Crippen LogP contribution in [0.2, 0.25) is 0 Å². The van der Waals surface area contributed by atoms with Crippen molar-refractivity contribution in [3.05, 3.63) is 24.3 Å². The summed E-state index contributed by atoms with van der Waals surface area (Å²) < 4.78 is 27.8. The molecular weight excluding hydrogens is 286 g/mol. The zero-order valence-corrected chi connectivity index (χ0v) is 13.1. The average molecular weight is 309 g/mol. The number of nitrogens with two attached hydrogens (primary N) is 1. The summed E-state index contributed by atoms with van der Waals surface area (Å²) >= 11 is 0. The maximum Gasteiger partial charge on any atom is 0.240 e. The number of nitrogens with zero attached hydrogens (tertiary/aromatic N) is 1. The molecule has 0 amide bonds. The van der Waals surface area contributed by atoms with Crippen LogP contribution in [0.5, 0.6) is 0 Å². The highest BCUT2D eigenvalue weighted by atomic mass is 32.2. The first-order chi connectivity index (χ1) is 9.95. The van der Waals surface area contributed by atoms with Gasteiger partial charge in [-0.2, -0.15) is 0 Å². The Morgan fingerprint density at radius 3 is 2.52 bits per heavy atom. The van der Waals surface area contributed by atoms with Gasteiger partial charge in [-0.15, -0.1) is 0 Å². The quantitative estimate of drug-likeness (QED) is 0.831. The molecule has 2 atom stereocenters. The summed E-state index contributed by atoms with van der Waals surface area (Å²) in [4.78, 5) is 2.68. The molecule has 1 aromatic rings. The van der Waals surface area contributed by atoms with Crippen LogP contribution in [0.1, 0.15) is 32.1 Å². The second kappa shape index (κ2) is 5.59. The van der Waals surface area contributed by atoms with Crippen LogP contribution in [0.25, 0.3) is 0 Å². The Morgan fingerprint density at radius 2 is 1.90 bits per heavy atom. The van der Waals surface area contributed by atoms with Crippen molar-refractivity contribution in [2.45, 2.75) is 55.1 Å². The van der Waals surface area contributed by atoms with E-state index in [1.165, 1.54) is 25.3 Å². The standard InChI is InChI=1S/C15H23N3O2S/c1-18-13-5-3-6-14(18)10-12(9-13)17-21(19,20)15-7-2-4-11(16)8-15/h2,4,7-8,12-14,17H,3,5-6,9-10,16H2,1H3. The number of piperidine rings is 2. The van der Waals surface area contributed by atoms with Gasteiger partial charge in [0.05, 0.1) is 4.90 Å². The van der Waals surface area contributed by atoms with Crippen LogP contribution < -0.4 is 10.5 Å². The highest BCUT2D eigenvalue weighted by Crippen LogP contribution is 2.33. The summed E-state index contributed by atoms with van der Waals surface area (Å²) in [6.45, 7) is 0. The molecule has 2 unspecified atom stereocenters. The molecule has 3 rings (SSSR count). The molecule has 2 bridgehead atoms. The highest BCUT2D eigenvalue weighted by molar-refractivity contribution is 7.89. The van der Waals surface area contributed by atoms with Gasteiger partial charge in [0.2, 0.25) is 10.0 Å². The zero-order valence-electron chi connectivity index (χ0n) is 12.3. The Bertz CT molecular complexity index is 603. The molecule has 0 radical (unpaired) electrons. The second-order valence-electron chi connectivity index (χ2n) is 6.27. The van der Waals surface area contributed by atoms with Gasteiger partial charge in [-0.05, 0) is 50.9 Å². The summed E-state index contributed by atoms with van der Waals surface area (Å²) in [5, 5.41) is 0. The third kappa shape index (κ3) is 3.07. The minimum Gasteiger partial charge on any atom is -0.399 e. The Hall–Kier alpha value is -1.11. The summed E-state index contributed by atoms with van der Waals surface area (Å²) in [6, 6.07) is 7.51. The Morgan fingerprint density at radius 1 is 1.24 bits per heavy atom. The first-order valence-corrected chi connectivity index (χ1v) is 9.04. The van der Waals surface area contributed by atoms with Crippen LogP contribution in [0.4, 0.5) is 5.69 Å². The van der Waals surface area contributed by atoms with Crippen LogP contribution in [0, 0.1) is 0 Å². The van der Waals surface area contributed by atoms with Gasteiger partial charge in [0.15, 0.2) is 0 Å². The topological polar surface area (TPSA) is 75.4 Å². The van der Waals surface area contributed by atoms with Gasteiger partial charge in [-0.25, -0.2) is 13.1 Å². The number of hydrogen-bond donors (Lipinski definition) is 2. The summed E-state index contributed by atoms with van der Waals surface area (Å²) in [6.07, 6.45) is 5.39. The first-order valence-electron chi connectivity index (χ1n) is 7.55. The van der Waals surface area contributed by atoms with Crippen LogP contribution in [-0.4, -0.2) is 38.5 Å². The number of rotatable bonds is 3. The number of anilines is 1. The summed E-state index contributed by atoms with van der Waals surface area (Å²) in [7, 11) is -1.32. The van der Waals surface area contributed by atoms with Gasteiger partial charge in [-0.3, -0.25) is 0 Å². The lowest BCUT2D eigenvalue weighted by molar-refractivity contribution is 0.0536. The second-order valence-corrected chi connectivity index (χ2v) is 7.98. The lowest BCUT2D eigenvalue weighted by Gasteiger charge is -2.47. The smallest absolute Gasteiger partial charge is 0.240 e. The molecule has 0 saturated carbocycles. The van der Waals surface area contributed by atoms with Crippen molar-refractivity contribution in [2.75, 3.05) is 12.8 Å². The van der Waals surface area contributed by atoms with Crippen molar-refractivity contribution in [2.24, 2.45) is 0 Å². The van der Waals surface area contributed by atoms with Gasteiger partial charge in [0.1, 0.15) is 0 Å². The molecule has 5 nitrogen and oxygen atoms in total. The minimum atomic E-state index is -3.48. The van der Waals surface area contributed by atoms with Crippen LogP contribution >= 0.6 is 0 Å². The van der Waals surface area contributed by atoms with E-state index < -0.39 is 10.0 Å². The third-order valence-corrected chi connectivity index (χ3v) is 6.35. The lowest BCUT2D eigenvalue weighted by Crippen LogP contribution is -2.55. The molecule has 0 aromatic heterocycles. The van der Waals surface area contributed by atoms with Crippen molar-refractivity contribution < 1.29 is 8.42 Å². The lowest BCUT2D eigenvalue weighted by atomic mass is 9.83. The van der Waals surface area contributed by atoms with Crippen LogP contribution in [-0.2, 0) is 10.0 Å². The fourth-order valence-electron chi connectivity index (χ4n) is 3.68. The SMILES string of the molecule is CN1C2CCCC1CC(NS(=O)(=O)c1cccc(N)c1)C2. The maximum atomic E-state index is 12.5. The number of sulfonamides is 1. The molecule has 0 spiro atoms. The molecular formula is C15H23N3O2S. The molecule has 2 aliphatic heterocycles. The summed E-state index contributed by atoms with van der Waals surface area (Å²) in [5.74, 6) is 0. The van der Waals surface area contributed by atoms with Crippen LogP contribution in [0.15, 0.2) is 29.2 Å². The van der Waals surface area contributed by atoms with E-state index in [9.17, 15) is 8.42 Å². The molecule has 2 aliphatic rings. The predicted molar refractivity (Wildman–Crippen MR) is 83.4 cm³/mol. The molecule has 116 valence electrons. The van der Waals surface area contributed by atoms with E-state index in [-0.39, 0.29) is 10.9 Å². The Kier molecular flexibility index (Phi) is 3.94. The van der Waals surface area contributed by atoms with E-state index in [2.05, 4.69) is 16.7 Å². The molecule has 3 N–H and O–H groups in total. The molecule has 6 heteroatoms. The molecule has 2 heterocycles. The monoisotopic (exact) mass is 309 g/mol. The largest absolute Gasteiger partial charge is 0.399 e. The Balaban J connectivity index is 1.74. The van der Waals surface area contributed by atoms with Crippen molar-refractivity contribution in [3.63, 3.8) is 0 Å². The fourth-order valence-corrected chi connectivity index (χ4v) is 5.00. The minimum absolute atomic E-state index is 0.0305. The van der Waals surface area contributed by atoms with Crippen molar-refractivity contribution >= 4 is 15.7 Å². The number of nitrogens with one attached hydrogen (secondary N) is 1. The molecule has 2 fully saturated rings. The normalized spacial score (nSPS) is 30.2. The first kappa shape index (κ1) is 14.8. The number of hydrogen-bond acceptors (Lipinski definition) is 4. The molecule has 1 aromatic carbocycles. The van der Waals surface area contributed by atoms with Crippen molar-refractivity contribution in [3.8, 4) is 0 Å². The summed E-state index contributed by atoms with van der Waals surface area (Å²) in [5.41, 5.74) is 6.15. The van der Waals surface area contributed by atoms with E-state index in [0.29, 0.717) is 17.8 Å². The van der Waals surface area contributed by atoms with Gasteiger partial charge in [0.25, 0.3) is 0 Å². The van der Waals surface area contributed by atoms with Gasteiger partial charge >= 0.3 is 0 Å². The van der Waals surface area contributed by atoms with E-state index >= 15 is 0 Å². The van der Waals surface area contributed by atoms with Crippen LogP contribution in [0.3, 0.4) is 0 Å². The molecule has 2 saturated heterocycles. The van der Waals surface area contributed by atoms with Crippen molar-refractivity contribution in [1.29, 1.82) is 0 Å². The number of benzene rings is 1. The van der Waals surface area contributed by atoms with Crippen molar-refractivity contribution in [1.82, 2.24) is 9.62 Å². The zero-order chi connectivity index (χ0) is 15.0. The van der Waals surface area contributed by atoms with Gasteiger partial charge < -0.3 is 10.6 Å². The fraction of sp³-hybridized carbons (Fsp3) is 0.600. The number of fused-ring (bicyclic) bond motifs is 2. The predicted octanol–water partition coefficient (Wildman–Crippen LogP) is 1.56. The van der Waals surface area contributed by atoms with Gasteiger partial charge in [0, 0.05) is 23.8 Å². The maximum absolute atomic E-state index is 12.5. The van der Waals surface area contributed by atoms with E-state index in [4.69, 9.17) is 5.73 Å². The highest BCUT2D eigenvalue weighted by Gasteiger charge is 2.37. The van der Waals surface area contributed by atoms with E-state index in [1.807, 2.05) is 0 Å². The molecule has 0 aliphatic carbocycles.